The molecule has 0 aliphatic carbocycles. The number of likely N-dealkylation sites (N-methyl/N-ethyl adjacent to an activating group) is 1. The molecule has 0 radical (unpaired) electrons. The highest BCUT2D eigenvalue weighted by molar-refractivity contribution is 6.31. The third kappa shape index (κ3) is 3.38. The van der Waals surface area contributed by atoms with Crippen molar-refractivity contribution >= 4 is 11.6 Å². The van der Waals surface area contributed by atoms with Gasteiger partial charge in [0.1, 0.15) is 0 Å². The van der Waals surface area contributed by atoms with Crippen LogP contribution in [-0.2, 0) is 19.9 Å². The number of hydrogen-bond donors (Lipinski definition) is 1. The van der Waals surface area contributed by atoms with Crippen molar-refractivity contribution in [2.45, 2.75) is 32.7 Å². The maximum Gasteiger partial charge on any atom is 0.0762 e. The van der Waals surface area contributed by atoms with Crippen molar-refractivity contribution in [3.05, 3.63) is 46.5 Å². The zero-order valence-electron chi connectivity index (χ0n) is 12.2. The van der Waals surface area contributed by atoms with Gasteiger partial charge in [-0.2, -0.15) is 5.10 Å². The molecule has 0 saturated heterocycles. The molecular formula is C15H21ClN4. The molecule has 108 valence electrons. The number of aryl methyl sites for hydroxylation is 2. The lowest BCUT2D eigenvalue weighted by Crippen LogP contribution is -2.25. The second kappa shape index (κ2) is 6.86. The Morgan fingerprint density at radius 3 is 2.80 bits per heavy atom. The van der Waals surface area contributed by atoms with Crippen LogP contribution in [0.15, 0.2) is 24.4 Å². The van der Waals surface area contributed by atoms with Gasteiger partial charge in [0.05, 0.1) is 22.5 Å². The van der Waals surface area contributed by atoms with Gasteiger partial charge in [0.25, 0.3) is 0 Å². The van der Waals surface area contributed by atoms with E-state index in [2.05, 4.69) is 35.3 Å². The minimum atomic E-state index is 0.105. The molecule has 2 aromatic heterocycles. The highest BCUT2D eigenvalue weighted by Gasteiger charge is 2.18. The van der Waals surface area contributed by atoms with E-state index in [1.165, 1.54) is 5.69 Å². The molecule has 0 amide bonds. The highest BCUT2D eigenvalue weighted by atomic mass is 35.5. The van der Waals surface area contributed by atoms with Crippen LogP contribution in [0.25, 0.3) is 0 Å². The van der Waals surface area contributed by atoms with Crippen molar-refractivity contribution in [1.82, 2.24) is 20.1 Å². The minimum Gasteiger partial charge on any atom is -0.309 e. The van der Waals surface area contributed by atoms with Gasteiger partial charge in [-0.15, -0.1) is 0 Å². The van der Waals surface area contributed by atoms with E-state index >= 15 is 0 Å². The van der Waals surface area contributed by atoms with Gasteiger partial charge in [0.2, 0.25) is 0 Å². The molecule has 0 saturated carbocycles. The molecule has 2 heterocycles. The second-order valence-electron chi connectivity index (χ2n) is 4.79. The van der Waals surface area contributed by atoms with Crippen LogP contribution in [0.2, 0.25) is 5.02 Å². The largest absolute Gasteiger partial charge is 0.309 e. The Balaban J connectivity index is 2.25. The first kappa shape index (κ1) is 15.0. The lowest BCUT2D eigenvalue weighted by atomic mass is 10.1. The number of aromatic nitrogens is 3. The number of pyridine rings is 1. The molecule has 0 fully saturated rings. The predicted molar refractivity (Wildman–Crippen MR) is 82.0 cm³/mol. The normalized spacial score (nSPS) is 12.6. The average molecular weight is 293 g/mol. The Morgan fingerprint density at radius 2 is 2.20 bits per heavy atom. The molecule has 1 atom stereocenters. The third-order valence-electron chi connectivity index (χ3n) is 3.37. The molecule has 1 unspecified atom stereocenters. The molecule has 0 aliphatic rings. The minimum absolute atomic E-state index is 0.105. The third-order valence-corrected chi connectivity index (χ3v) is 3.69. The van der Waals surface area contributed by atoms with Gasteiger partial charge in [-0.05, 0) is 31.2 Å². The Bertz CT molecular complexity index is 565. The predicted octanol–water partition coefficient (Wildman–Crippen LogP) is 2.92. The zero-order valence-corrected chi connectivity index (χ0v) is 13.0. The molecule has 5 heteroatoms. The van der Waals surface area contributed by atoms with Crippen LogP contribution in [-0.4, -0.2) is 21.3 Å². The van der Waals surface area contributed by atoms with Crippen molar-refractivity contribution in [2.24, 2.45) is 7.05 Å². The van der Waals surface area contributed by atoms with Crippen LogP contribution in [0.4, 0.5) is 0 Å². The van der Waals surface area contributed by atoms with Gasteiger partial charge in [-0.3, -0.25) is 9.67 Å². The maximum absolute atomic E-state index is 6.27. The molecule has 0 bridgehead atoms. The molecule has 2 rings (SSSR count). The molecule has 2 aromatic rings. The molecule has 20 heavy (non-hydrogen) atoms. The van der Waals surface area contributed by atoms with Crippen LogP contribution in [0, 0.1) is 0 Å². The van der Waals surface area contributed by atoms with Gasteiger partial charge in [-0.1, -0.05) is 25.4 Å². The molecule has 0 aromatic carbocycles. The summed E-state index contributed by atoms with van der Waals surface area (Å²) in [5.74, 6) is 0. The first-order valence-corrected chi connectivity index (χ1v) is 7.39. The summed E-state index contributed by atoms with van der Waals surface area (Å²) in [7, 11) is 1.98. The summed E-state index contributed by atoms with van der Waals surface area (Å²) in [4.78, 5) is 4.43. The van der Waals surface area contributed by atoms with Gasteiger partial charge < -0.3 is 5.32 Å². The van der Waals surface area contributed by atoms with Crippen molar-refractivity contribution in [2.75, 3.05) is 6.54 Å². The van der Waals surface area contributed by atoms with Crippen molar-refractivity contribution in [3.8, 4) is 0 Å². The monoisotopic (exact) mass is 292 g/mol. The molecule has 4 nitrogen and oxygen atoms in total. The van der Waals surface area contributed by atoms with Crippen LogP contribution < -0.4 is 5.32 Å². The van der Waals surface area contributed by atoms with Crippen molar-refractivity contribution in [3.63, 3.8) is 0 Å². The summed E-state index contributed by atoms with van der Waals surface area (Å²) >= 11 is 6.27. The smallest absolute Gasteiger partial charge is 0.0762 e. The topological polar surface area (TPSA) is 42.7 Å². The van der Waals surface area contributed by atoms with E-state index in [1.54, 1.807) is 6.20 Å². The second-order valence-corrected chi connectivity index (χ2v) is 5.20. The highest BCUT2D eigenvalue weighted by Crippen LogP contribution is 2.23. The zero-order chi connectivity index (χ0) is 14.5. The first-order valence-electron chi connectivity index (χ1n) is 7.01. The van der Waals surface area contributed by atoms with E-state index in [-0.39, 0.29) is 6.04 Å². The lowest BCUT2D eigenvalue weighted by molar-refractivity contribution is 0.517. The fourth-order valence-electron chi connectivity index (χ4n) is 2.31. The summed E-state index contributed by atoms with van der Waals surface area (Å²) in [6.45, 7) is 5.07. The molecule has 0 aliphatic heterocycles. The quantitative estimate of drug-likeness (QED) is 0.890. The van der Waals surface area contributed by atoms with Crippen LogP contribution in [0.1, 0.15) is 37.0 Å². The average Bonchev–Trinajstić information content (AvgIpc) is 2.80. The van der Waals surface area contributed by atoms with E-state index in [0.717, 1.165) is 30.8 Å². The number of rotatable bonds is 6. The van der Waals surface area contributed by atoms with Gasteiger partial charge in [-0.25, -0.2) is 0 Å². The number of halogens is 1. The Hall–Kier alpha value is -1.39. The Kier molecular flexibility index (Phi) is 5.15. The fraction of sp³-hybridized carbons (Fsp3) is 0.467. The van der Waals surface area contributed by atoms with Crippen LogP contribution >= 0.6 is 11.6 Å². The van der Waals surface area contributed by atoms with Crippen molar-refractivity contribution in [1.29, 1.82) is 0 Å². The van der Waals surface area contributed by atoms with E-state index < -0.39 is 0 Å². The van der Waals surface area contributed by atoms with E-state index in [0.29, 0.717) is 5.02 Å². The maximum atomic E-state index is 6.27. The van der Waals surface area contributed by atoms with Crippen LogP contribution in [0.3, 0.4) is 0 Å². The molecule has 0 spiro atoms. The van der Waals surface area contributed by atoms with Crippen LogP contribution in [0.5, 0.6) is 0 Å². The molecule has 1 N–H and O–H groups in total. The molecular weight excluding hydrogens is 272 g/mol. The summed E-state index contributed by atoms with van der Waals surface area (Å²) < 4.78 is 1.94. The van der Waals surface area contributed by atoms with Crippen molar-refractivity contribution < 1.29 is 0 Å². The van der Waals surface area contributed by atoms with Gasteiger partial charge in [0.15, 0.2) is 0 Å². The first-order chi connectivity index (χ1) is 9.65. The Morgan fingerprint density at radius 1 is 1.40 bits per heavy atom. The standard InChI is InChI=1S/C15H21ClN4/c1-4-11-9-12(20(3)19-11)10-14(17-5-2)15-13(16)7-6-8-18-15/h6-9,14,17H,4-5,10H2,1-3H3. The number of hydrogen-bond acceptors (Lipinski definition) is 3. The fourth-order valence-corrected chi connectivity index (χ4v) is 2.56. The van der Waals surface area contributed by atoms with Gasteiger partial charge >= 0.3 is 0 Å². The summed E-state index contributed by atoms with van der Waals surface area (Å²) in [6, 6.07) is 6.00. The number of nitrogens with zero attached hydrogens (tertiary/aromatic N) is 3. The lowest BCUT2D eigenvalue weighted by Gasteiger charge is -2.18. The van der Waals surface area contributed by atoms with E-state index in [9.17, 15) is 0 Å². The SMILES string of the molecule is CCNC(Cc1cc(CC)nn1C)c1ncccc1Cl. The summed E-state index contributed by atoms with van der Waals surface area (Å²) in [5.41, 5.74) is 3.20. The number of nitrogens with one attached hydrogen (secondary N) is 1. The Labute approximate surface area is 125 Å². The summed E-state index contributed by atoms with van der Waals surface area (Å²) in [6.07, 6.45) is 3.56. The van der Waals surface area contributed by atoms with E-state index in [1.807, 2.05) is 23.9 Å². The summed E-state index contributed by atoms with van der Waals surface area (Å²) in [5, 5.41) is 8.65. The van der Waals surface area contributed by atoms with Gasteiger partial charge in [0, 0.05) is 25.4 Å². The van der Waals surface area contributed by atoms with E-state index in [4.69, 9.17) is 11.6 Å².